The minimum atomic E-state index is -0.333. The fourth-order valence-corrected chi connectivity index (χ4v) is 3.08. The number of nitrogens with zero attached hydrogens (tertiary/aromatic N) is 2. The van der Waals surface area contributed by atoms with Gasteiger partial charge < -0.3 is 15.0 Å². The number of pyridine rings is 1. The number of aliphatic hydroxyl groups excluding tert-OH is 1. The Hall–Kier alpha value is -2.70. The van der Waals surface area contributed by atoms with Crippen molar-refractivity contribution >= 4 is 39.9 Å². The number of nitrogens with one attached hydrogen (secondary N) is 1. The number of ketones is 1. The Morgan fingerprint density at radius 3 is 2.69 bits per heavy atom. The average molecular weight is 372 g/mol. The third-order valence-corrected chi connectivity index (χ3v) is 4.32. The highest BCUT2D eigenvalue weighted by Gasteiger charge is 2.26. The fraction of sp³-hybridized carbons (Fsp3) is 0.211. The SMILES string of the molecule is CC(=O)N(CCO)c1c(C(=O)c2cc(C)ccn2)[nH]c2ccc(Cl)cc12. The number of anilines is 1. The van der Waals surface area contributed by atoms with E-state index in [4.69, 9.17) is 11.6 Å². The zero-order valence-electron chi connectivity index (χ0n) is 14.4. The van der Waals surface area contributed by atoms with E-state index in [1.807, 2.05) is 6.92 Å². The molecule has 0 spiro atoms. The third kappa shape index (κ3) is 3.34. The number of amides is 1. The Bertz CT molecular complexity index is 997. The predicted octanol–water partition coefficient (Wildman–Crippen LogP) is 3.10. The highest BCUT2D eigenvalue weighted by Crippen LogP contribution is 2.34. The lowest BCUT2D eigenvalue weighted by Gasteiger charge is -2.21. The number of rotatable bonds is 5. The Morgan fingerprint density at radius 1 is 1.27 bits per heavy atom. The van der Waals surface area contributed by atoms with Crippen molar-refractivity contribution in [1.82, 2.24) is 9.97 Å². The van der Waals surface area contributed by atoms with Gasteiger partial charge in [0.1, 0.15) is 11.4 Å². The molecule has 6 nitrogen and oxygen atoms in total. The lowest BCUT2D eigenvalue weighted by atomic mass is 10.1. The van der Waals surface area contributed by atoms with Crippen LogP contribution in [0.3, 0.4) is 0 Å². The first-order valence-electron chi connectivity index (χ1n) is 8.10. The number of hydrogen-bond acceptors (Lipinski definition) is 4. The molecule has 0 saturated heterocycles. The second-order valence-corrected chi connectivity index (χ2v) is 6.42. The Balaban J connectivity index is 2.25. The van der Waals surface area contributed by atoms with Crippen molar-refractivity contribution < 1.29 is 14.7 Å². The number of aliphatic hydroxyl groups is 1. The van der Waals surface area contributed by atoms with E-state index in [2.05, 4.69) is 9.97 Å². The van der Waals surface area contributed by atoms with Crippen LogP contribution in [0.25, 0.3) is 10.9 Å². The van der Waals surface area contributed by atoms with E-state index in [1.165, 1.54) is 11.8 Å². The lowest BCUT2D eigenvalue weighted by molar-refractivity contribution is -0.116. The zero-order chi connectivity index (χ0) is 18.8. The van der Waals surface area contributed by atoms with Gasteiger partial charge in [-0.1, -0.05) is 11.6 Å². The van der Waals surface area contributed by atoms with Crippen molar-refractivity contribution in [2.75, 3.05) is 18.1 Å². The molecule has 0 radical (unpaired) electrons. The molecule has 0 atom stereocenters. The van der Waals surface area contributed by atoms with E-state index in [9.17, 15) is 14.7 Å². The van der Waals surface area contributed by atoms with Crippen LogP contribution in [0.2, 0.25) is 5.02 Å². The molecule has 1 aromatic carbocycles. The van der Waals surface area contributed by atoms with Gasteiger partial charge in [0.05, 0.1) is 12.3 Å². The van der Waals surface area contributed by atoms with Crippen LogP contribution >= 0.6 is 11.6 Å². The number of fused-ring (bicyclic) bond motifs is 1. The van der Waals surface area contributed by atoms with Crippen LogP contribution < -0.4 is 4.90 Å². The molecule has 0 aliphatic heterocycles. The number of aromatic amines is 1. The van der Waals surface area contributed by atoms with Crippen molar-refractivity contribution in [2.24, 2.45) is 0 Å². The second-order valence-electron chi connectivity index (χ2n) is 5.98. The van der Waals surface area contributed by atoms with E-state index in [0.29, 0.717) is 21.6 Å². The molecule has 2 heterocycles. The molecule has 0 fully saturated rings. The van der Waals surface area contributed by atoms with E-state index >= 15 is 0 Å². The summed E-state index contributed by atoms with van der Waals surface area (Å²) in [6.45, 7) is 3.09. The van der Waals surface area contributed by atoms with Gasteiger partial charge in [-0.3, -0.25) is 14.6 Å². The van der Waals surface area contributed by atoms with E-state index < -0.39 is 0 Å². The van der Waals surface area contributed by atoms with Gasteiger partial charge in [0.2, 0.25) is 11.7 Å². The van der Waals surface area contributed by atoms with Crippen molar-refractivity contribution in [3.8, 4) is 0 Å². The van der Waals surface area contributed by atoms with Crippen LogP contribution in [-0.4, -0.2) is 39.9 Å². The maximum atomic E-state index is 13.1. The zero-order valence-corrected chi connectivity index (χ0v) is 15.2. The van der Waals surface area contributed by atoms with Gasteiger partial charge in [-0.2, -0.15) is 0 Å². The molecule has 7 heteroatoms. The normalized spacial score (nSPS) is 10.9. The molecule has 0 unspecified atom stereocenters. The predicted molar refractivity (Wildman–Crippen MR) is 101 cm³/mol. The summed E-state index contributed by atoms with van der Waals surface area (Å²) in [6.07, 6.45) is 1.57. The Kier molecular flexibility index (Phi) is 5.06. The summed E-state index contributed by atoms with van der Waals surface area (Å²) in [5.74, 6) is -0.619. The number of hydrogen-bond donors (Lipinski definition) is 2. The Morgan fingerprint density at radius 2 is 2.04 bits per heavy atom. The maximum Gasteiger partial charge on any atom is 0.229 e. The monoisotopic (exact) mass is 371 g/mol. The summed E-state index contributed by atoms with van der Waals surface area (Å²) in [4.78, 5) is 33.8. The summed E-state index contributed by atoms with van der Waals surface area (Å²) < 4.78 is 0. The molecule has 0 bridgehead atoms. The van der Waals surface area contributed by atoms with Gasteiger partial charge in [-0.25, -0.2) is 0 Å². The lowest BCUT2D eigenvalue weighted by Crippen LogP contribution is -2.32. The summed E-state index contributed by atoms with van der Waals surface area (Å²) in [7, 11) is 0. The van der Waals surface area contributed by atoms with Gasteiger partial charge in [-0.05, 0) is 42.8 Å². The number of carbonyl (C=O) groups excluding carboxylic acids is 2. The number of benzene rings is 1. The van der Waals surface area contributed by atoms with E-state index in [0.717, 1.165) is 5.56 Å². The van der Waals surface area contributed by atoms with Crippen molar-refractivity contribution in [1.29, 1.82) is 0 Å². The number of halogens is 1. The van der Waals surface area contributed by atoms with E-state index in [1.54, 1.807) is 36.5 Å². The largest absolute Gasteiger partial charge is 0.395 e. The standard InChI is InChI=1S/C19H18ClN3O3/c1-11-5-6-21-16(9-11)19(26)17-18(23(7-8-24)12(2)25)14-10-13(20)3-4-15(14)22-17/h3-6,9-10,22,24H,7-8H2,1-2H3. The van der Waals surface area contributed by atoms with Crippen molar-refractivity contribution in [3.63, 3.8) is 0 Å². The van der Waals surface area contributed by atoms with Crippen molar-refractivity contribution in [3.05, 3.63) is 58.5 Å². The first-order valence-corrected chi connectivity index (χ1v) is 8.47. The first-order chi connectivity index (χ1) is 12.4. The summed E-state index contributed by atoms with van der Waals surface area (Å²) in [5.41, 5.74) is 2.49. The minimum Gasteiger partial charge on any atom is -0.395 e. The maximum absolute atomic E-state index is 13.1. The average Bonchev–Trinajstić information content (AvgIpc) is 2.97. The quantitative estimate of drug-likeness (QED) is 0.675. The van der Waals surface area contributed by atoms with Crippen molar-refractivity contribution in [2.45, 2.75) is 13.8 Å². The molecule has 3 aromatic rings. The van der Waals surface area contributed by atoms with Gasteiger partial charge in [0, 0.05) is 35.6 Å². The highest BCUT2D eigenvalue weighted by molar-refractivity contribution is 6.32. The molecule has 2 aromatic heterocycles. The van der Waals surface area contributed by atoms with Gasteiger partial charge in [0.15, 0.2) is 0 Å². The van der Waals surface area contributed by atoms with Crippen LogP contribution in [-0.2, 0) is 4.79 Å². The molecule has 134 valence electrons. The number of carbonyl (C=O) groups is 2. The van der Waals surface area contributed by atoms with Gasteiger partial charge >= 0.3 is 0 Å². The molecular weight excluding hydrogens is 354 g/mol. The molecule has 1 amide bonds. The molecule has 0 saturated carbocycles. The van der Waals surface area contributed by atoms with Crippen LogP contribution in [0.5, 0.6) is 0 Å². The summed E-state index contributed by atoms with van der Waals surface area (Å²) in [5, 5.41) is 10.5. The van der Waals surface area contributed by atoms with E-state index in [-0.39, 0.29) is 36.2 Å². The molecular formula is C19H18ClN3O3. The topological polar surface area (TPSA) is 86.3 Å². The fourth-order valence-electron chi connectivity index (χ4n) is 2.91. The number of aryl methyl sites for hydroxylation is 1. The smallest absolute Gasteiger partial charge is 0.229 e. The third-order valence-electron chi connectivity index (χ3n) is 4.08. The van der Waals surface area contributed by atoms with Crippen LogP contribution in [0, 0.1) is 6.92 Å². The number of aromatic nitrogens is 2. The highest BCUT2D eigenvalue weighted by atomic mass is 35.5. The molecule has 0 aliphatic carbocycles. The molecule has 3 rings (SSSR count). The second kappa shape index (κ2) is 7.27. The summed E-state index contributed by atoms with van der Waals surface area (Å²) >= 11 is 6.11. The van der Waals surface area contributed by atoms with Gasteiger partial charge in [-0.15, -0.1) is 0 Å². The van der Waals surface area contributed by atoms with Crippen LogP contribution in [0.1, 0.15) is 28.7 Å². The molecule has 2 N–H and O–H groups in total. The van der Waals surface area contributed by atoms with Crippen LogP contribution in [0.15, 0.2) is 36.5 Å². The molecule has 0 aliphatic rings. The summed E-state index contributed by atoms with van der Waals surface area (Å²) in [6, 6.07) is 8.63. The molecule has 26 heavy (non-hydrogen) atoms. The number of H-pyrrole nitrogens is 1. The minimum absolute atomic E-state index is 0.0658. The van der Waals surface area contributed by atoms with Crippen LogP contribution in [0.4, 0.5) is 5.69 Å². The Labute approximate surface area is 155 Å². The van der Waals surface area contributed by atoms with Gasteiger partial charge in [0.25, 0.3) is 0 Å². The first kappa shape index (κ1) is 18.1.